The Morgan fingerprint density at radius 3 is 2.46 bits per heavy atom. The number of rotatable bonds is 10. The molecule has 2 rings (SSSR count). The Bertz CT molecular complexity index is 625. The zero-order chi connectivity index (χ0) is 17.2. The molecule has 24 heavy (non-hydrogen) atoms. The van der Waals surface area contributed by atoms with Crippen LogP contribution in [0.1, 0.15) is 58.3 Å². The van der Waals surface area contributed by atoms with E-state index in [1.165, 1.54) is 55.6 Å². The number of carbonyl (C=O) groups is 1. The lowest BCUT2D eigenvalue weighted by atomic mass is 10.1. The molecule has 0 saturated carbocycles. The highest BCUT2D eigenvalue weighted by Crippen LogP contribution is 2.25. The summed E-state index contributed by atoms with van der Waals surface area (Å²) >= 11 is 1.39. The van der Waals surface area contributed by atoms with Gasteiger partial charge in [0.2, 0.25) is 5.91 Å². The van der Waals surface area contributed by atoms with Gasteiger partial charge in [0.15, 0.2) is 5.13 Å². The van der Waals surface area contributed by atoms with Gasteiger partial charge in [-0.1, -0.05) is 45.4 Å². The molecule has 0 fully saturated rings. The van der Waals surface area contributed by atoms with Crippen LogP contribution in [0, 0.1) is 5.82 Å². The summed E-state index contributed by atoms with van der Waals surface area (Å²) in [6.45, 7) is 2.21. The van der Waals surface area contributed by atoms with Crippen LogP contribution in [-0.2, 0) is 4.79 Å². The quantitative estimate of drug-likeness (QED) is 0.533. The van der Waals surface area contributed by atoms with E-state index >= 15 is 0 Å². The van der Waals surface area contributed by atoms with Gasteiger partial charge in [0.05, 0.1) is 5.69 Å². The Morgan fingerprint density at radius 2 is 1.75 bits per heavy atom. The van der Waals surface area contributed by atoms with Crippen molar-refractivity contribution in [2.75, 3.05) is 5.32 Å². The Kier molecular flexibility index (Phi) is 7.89. The molecule has 0 spiro atoms. The summed E-state index contributed by atoms with van der Waals surface area (Å²) in [5, 5.41) is 5.32. The molecular weight excluding hydrogens is 323 g/mol. The number of halogens is 1. The van der Waals surface area contributed by atoms with Crippen molar-refractivity contribution in [3.05, 3.63) is 35.5 Å². The van der Waals surface area contributed by atoms with Crippen LogP contribution >= 0.6 is 11.3 Å². The molecule has 3 nitrogen and oxygen atoms in total. The van der Waals surface area contributed by atoms with Gasteiger partial charge in [0.1, 0.15) is 5.82 Å². The third kappa shape index (κ3) is 6.40. The van der Waals surface area contributed by atoms with Crippen molar-refractivity contribution >= 4 is 22.4 Å². The van der Waals surface area contributed by atoms with Crippen LogP contribution in [0.15, 0.2) is 29.6 Å². The molecule has 2 aromatic rings. The third-order valence-electron chi connectivity index (χ3n) is 3.90. The number of aromatic nitrogens is 1. The zero-order valence-corrected chi connectivity index (χ0v) is 15.0. The second-order valence-electron chi connectivity index (χ2n) is 5.96. The molecule has 0 atom stereocenters. The molecule has 1 amide bonds. The number of benzene rings is 1. The first-order valence-corrected chi connectivity index (χ1v) is 9.58. The van der Waals surface area contributed by atoms with Crippen LogP contribution in [0.4, 0.5) is 9.52 Å². The van der Waals surface area contributed by atoms with Crippen molar-refractivity contribution in [2.24, 2.45) is 0 Å². The van der Waals surface area contributed by atoms with E-state index in [2.05, 4.69) is 17.2 Å². The Balaban J connectivity index is 1.70. The number of hydrogen-bond donors (Lipinski definition) is 1. The maximum Gasteiger partial charge on any atom is 0.226 e. The van der Waals surface area contributed by atoms with Gasteiger partial charge < -0.3 is 5.32 Å². The highest BCUT2D eigenvalue weighted by atomic mass is 32.1. The molecule has 0 unspecified atom stereocenters. The highest BCUT2D eigenvalue weighted by Gasteiger charge is 2.08. The SMILES string of the molecule is CCCCCCCCCC(=O)Nc1nc(-c2ccc(F)cc2)cs1. The van der Waals surface area contributed by atoms with Gasteiger partial charge in [-0.05, 0) is 30.7 Å². The van der Waals surface area contributed by atoms with E-state index in [1.54, 1.807) is 12.1 Å². The molecule has 0 radical (unpaired) electrons. The number of amides is 1. The molecule has 0 aliphatic rings. The van der Waals surface area contributed by atoms with Crippen molar-refractivity contribution in [3.8, 4) is 11.3 Å². The molecule has 0 aliphatic carbocycles. The lowest BCUT2D eigenvalue weighted by Gasteiger charge is -2.02. The summed E-state index contributed by atoms with van der Waals surface area (Å²) in [6.07, 6.45) is 8.91. The van der Waals surface area contributed by atoms with Gasteiger partial charge >= 0.3 is 0 Å². The number of thiazole rings is 1. The van der Waals surface area contributed by atoms with E-state index in [-0.39, 0.29) is 11.7 Å². The van der Waals surface area contributed by atoms with Crippen molar-refractivity contribution in [2.45, 2.75) is 58.3 Å². The molecule has 1 aromatic heterocycles. The maximum absolute atomic E-state index is 12.9. The number of nitrogens with zero attached hydrogens (tertiary/aromatic N) is 1. The number of nitrogens with one attached hydrogen (secondary N) is 1. The largest absolute Gasteiger partial charge is 0.302 e. The van der Waals surface area contributed by atoms with Crippen molar-refractivity contribution in [1.29, 1.82) is 0 Å². The second-order valence-corrected chi connectivity index (χ2v) is 6.82. The first-order chi connectivity index (χ1) is 11.7. The predicted molar refractivity (Wildman–Crippen MR) is 98.7 cm³/mol. The summed E-state index contributed by atoms with van der Waals surface area (Å²) in [5.74, 6) is -0.249. The standard InChI is InChI=1S/C19H25FN2OS/c1-2-3-4-5-6-7-8-9-18(23)22-19-21-17(14-24-19)15-10-12-16(20)13-11-15/h10-14H,2-9H2,1H3,(H,21,22,23). The molecule has 130 valence electrons. The van der Waals surface area contributed by atoms with Crippen molar-refractivity contribution in [3.63, 3.8) is 0 Å². The van der Waals surface area contributed by atoms with Crippen LogP contribution in [0.2, 0.25) is 0 Å². The van der Waals surface area contributed by atoms with Gasteiger partial charge in [-0.2, -0.15) is 0 Å². The fraction of sp³-hybridized carbons (Fsp3) is 0.474. The van der Waals surface area contributed by atoms with E-state index in [0.717, 1.165) is 24.1 Å². The zero-order valence-electron chi connectivity index (χ0n) is 14.2. The van der Waals surface area contributed by atoms with Crippen LogP contribution in [0.25, 0.3) is 11.3 Å². The molecule has 5 heteroatoms. The first kappa shape index (κ1) is 18.6. The molecule has 0 aliphatic heterocycles. The van der Waals surface area contributed by atoms with Crippen LogP contribution in [0.3, 0.4) is 0 Å². The van der Waals surface area contributed by atoms with Gasteiger partial charge in [0, 0.05) is 17.4 Å². The van der Waals surface area contributed by atoms with Gasteiger partial charge in [-0.25, -0.2) is 9.37 Å². The lowest BCUT2D eigenvalue weighted by Crippen LogP contribution is -2.10. The molecule has 1 aromatic carbocycles. The number of anilines is 1. The van der Waals surface area contributed by atoms with Gasteiger partial charge in [-0.15, -0.1) is 11.3 Å². The molecule has 1 heterocycles. The van der Waals surface area contributed by atoms with E-state index < -0.39 is 0 Å². The summed E-state index contributed by atoms with van der Waals surface area (Å²) in [4.78, 5) is 16.3. The van der Waals surface area contributed by atoms with Crippen molar-refractivity contribution < 1.29 is 9.18 Å². The van der Waals surface area contributed by atoms with E-state index in [4.69, 9.17) is 0 Å². The predicted octanol–water partition coefficient (Wildman–Crippen LogP) is 6.03. The van der Waals surface area contributed by atoms with Gasteiger partial charge in [0.25, 0.3) is 0 Å². The Morgan fingerprint density at radius 1 is 1.08 bits per heavy atom. The maximum atomic E-state index is 12.9. The Labute approximate surface area is 147 Å². The topological polar surface area (TPSA) is 42.0 Å². The van der Waals surface area contributed by atoms with Crippen molar-refractivity contribution in [1.82, 2.24) is 4.98 Å². The minimum absolute atomic E-state index is 0.0172. The highest BCUT2D eigenvalue weighted by molar-refractivity contribution is 7.14. The summed E-state index contributed by atoms with van der Waals surface area (Å²) in [7, 11) is 0. The lowest BCUT2D eigenvalue weighted by molar-refractivity contribution is -0.116. The normalized spacial score (nSPS) is 10.8. The average Bonchev–Trinajstić information content (AvgIpc) is 3.03. The second kappa shape index (κ2) is 10.2. The smallest absolute Gasteiger partial charge is 0.226 e. The van der Waals surface area contributed by atoms with Crippen LogP contribution in [-0.4, -0.2) is 10.9 Å². The van der Waals surface area contributed by atoms with E-state index in [0.29, 0.717) is 11.6 Å². The molecular formula is C19H25FN2OS. The number of unbranched alkanes of at least 4 members (excludes halogenated alkanes) is 6. The fourth-order valence-corrected chi connectivity index (χ4v) is 3.24. The minimum Gasteiger partial charge on any atom is -0.302 e. The summed E-state index contributed by atoms with van der Waals surface area (Å²) in [5.41, 5.74) is 1.60. The van der Waals surface area contributed by atoms with E-state index in [1.807, 2.05) is 5.38 Å². The summed E-state index contributed by atoms with van der Waals surface area (Å²) < 4.78 is 12.9. The van der Waals surface area contributed by atoms with Gasteiger partial charge in [-0.3, -0.25) is 4.79 Å². The fourth-order valence-electron chi connectivity index (χ4n) is 2.51. The Hall–Kier alpha value is -1.75. The summed E-state index contributed by atoms with van der Waals surface area (Å²) in [6, 6.07) is 6.20. The minimum atomic E-state index is -0.266. The number of hydrogen-bond acceptors (Lipinski definition) is 3. The average molecular weight is 348 g/mol. The first-order valence-electron chi connectivity index (χ1n) is 8.70. The third-order valence-corrected chi connectivity index (χ3v) is 4.66. The van der Waals surface area contributed by atoms with Crippen LogP contribution < -0.4 is 5.32 Å². The number of carbonyl (C=O) groups excluding carboxylic acids is 1. The molecule has 0 saturated heterocycles. The monoisotopic (exact) mass is 348 g/mol. The molecule has 1 N–H and O–H groups in total. The van der Waals surface area contributed by atoms with Crippen LogP contribution in [0.5, 0.6) is 0 Å². The molecule has 0 bridgehead atoms. The van der Waals surface area contributed by atoms with E-state index in [9.17, 15) is 9.18 Å².